The number of methoxy groups -OCH3 is 1. The number of hydrogen-bond donors (Lipinski definition) is 2. The van der Waals surface area contributed by atoms with Crippen molar-refractivity contribution in [3.05, 3.63) is 78.1 Å². The van der Waals surface area contributed by atoms with Crippen LogP contribution in [0.1, 0.15) is 11.4 Å². The number of H-pyrrole nitrogens is 1. The minimum Gasteiger partial charge on any atom is -0.497 e. The first kappa shape index (κ1) is 19.2. The van der Waals surface area contributed by atoms with Crippen LogP contribution in [0.25, 0.3) is 22.2 Å². The Balaban J connectivity index is 1.60. The standard InChI is InChI=1S/C22H21N3O3S/c1-28-17-10-6-15(7-11-17)8-13-22-24-19-12-9-16(14-20(19)25-22)18-4-2-3-5-21(18)29(23,26)27/h2-7,9-12,14H,8,13H2,1H3,(H,24,25)(H2,23,26,27). The molecule has 4 aromatic rings. The van der Waals surface area contributed by atoms with Crippen LogP contribution < -0.4 is 9.88 Å². The first-order valence-electron chi connectivity index (χ1n) is 9.18. The van der Waals surface area contributed by atoms with Crippen LogP contribution in [0.2, 0.25) is 0 Å². The van der Waals surface area contributed by atoms with E-state index in [1.165, 1.54) is 11.6 Å². The number of fused-ring (bicyclic) bond motifs is 1. The van der Waals surface area contributed by atoms with Gasteiger partial charge in [-0.1, -0.05) is 36.4 Å². The number of rotatable bonds is 6. The van der Waals surface area contributed by atoms with Gasteiger partial charge in [-0.2, -0.15) is 0 Å². The average molecular weight is 407 g/mol. The van der Waals surface area contributed by atoms with E-state index in [1.807, 2.05) is 42.5 Å². The van der Waals surface area contributed by atoms with Gasteiger partial charge in [-0.25, -0.2) is 18.5 Å². The topological polar surface area (TPSA) is 98.1 Å². The molecule has 3 aromatic carbocycles. The maximum atomic E-state index is 11.9. The number of aryl methyl sites for hydroxylation is 2. The van der Waals surface area contributed by atoms with Crippen LogP contribution in [0.4, 0.5) is 0 Å². The molecule has 6 nitrogen and oxygen atoms in total. The van der Waals surface area contributed by atoms with Gasteiger partial charge in [0.1, 0.15) is 11.6 Å². The lowest BCUT2D eigenvalue weighted by molar-refractivity contribution is 0.414. The fourth-order valence-corrected chi connectivity index (χ4v) is 4.12. The predicted molar refractivity (Wildman–Crippen MR) is 113 cm³/mol. The van der Waals surface area contributed by atoms with Gasteiger partial charge in [0.05, 0.1) is 23.0 Å². The number of nitrogens with one attached hydrogen (secondary N) is 1. The second-order valence-electron chi connectivity index (χ2n) is 6.80. The Bertz CT molecular complexity index is 1260. The number of sulfonamides is 1. The third-order valence-corrected chi connectivity index (χ3v) is 5.81. The molecule has 0 saturated carbocycles. The Labute approximate surface area is 169 Å². The van der Waals surface area contributed by atoms with Gasteiger partial charge >= 0.3 is 0 Å². The number of aromatic nitrogens is 2. The summed E-state index contributed by atoms with van der Waals surface area (Å²) in [5.41, 5.74) is 4.25. The lowest BCUT2D eigenvalue weighted by atomic mass is 10.1. The molecule has 0 saturated heterocycles. The van der Waals surface area contributed by atoms with E-state index in [-0.39, 0.29) is 4.90 Å². The molecule has 7 heteroatoms. The highest BCUT2D eigenvalue weighted by atomic mass is 32.2. The van der Waals surface area contributed by atoms with Crippen LogP contribution in [0.3, 0.4) is 0 Å². The van der Waals surface area contributed by atoms with Crippen molar-refractivity contribution in [2.75, 3.05) is 7.11 Å². The molecule has 0 amide bonds. The summed E-state index contributed by atoms with van der Waals surface area (Å²) in [4.78, 5) is 8.09. The summed E-state index contributed by atoms with van der Waals surface area (Å²) >= 11 is 0. The van der Waals surface area contributed by atoms with E-state index in [9.17, 15) is 8.42 Å². The third kappa shape index (κ3) is 4.16. The number of aromatic amines is 1. The fraction of sp³-hybridized carbons (Fsp3) is 0.136. The smallest absolute Gasteiger partial charge is 0.238 e. The summed E-state index contributed by atoms with van der Waals surface area (Å²) in [6.45, 7) is 0. The van der Waals surface area contributed by atoms with E-state index in [0.29, 0.717) is 5.56 Å². The quantitative estimate of drug-likeness (QED) is 0.509. The second kappa shape index (κ2) is 7.69. The summed E-state index contributed by atoms with van der Waals surface area (Å²) < 4.78 is 29.0. The van der Waals surface area contributed by atoms with Crippen LogP contribution in [0.5, 0.6) is 5.75 Å². The Morgan fingerprint density at radius 2 is 1.76 bits per heavy atom. The van der Waals surface area contributed by atoms with Crippen LogP contribution in [0, 0.1) is 0 Å². The molecular weight excluding hydrogens is 386 g/mol. The average Bonchev–Trinajstić information content (AvgIpc) is 3.14. The SMILES string of the molecule is COc1ccc(CCc2nc3ccc(-c4ccccc4S(N)(=O)=O)cc3[nH]2)cc1. The Morgan fingerprint density at radius 1 is 1.00 bits per heavy atom. The number of imidazole rings is 1. The van der Waals surface area contributed by atoms with Crippen LogP contribution >= 0.6 is 0 Å². The van der Waals surface area contributed by atoms with Crippen molar-refractivity contribution < 1.29 is 13.2 Å². The summed E-state index contributed by atoms with van der Waals surface area (Å²) in [6, 6.07) is 20.4. The maximum Gasteiger partial charge on any atom is 0.238 e. The van der Waals surface area contributed by atoms with Gasteiger partial charge in [-0.3, -0.25) is 0 Å². The van der Waals surface area contributed by atoms with E-state index in [0.717, 1.165) is 41.0 Å². The van der Waals surface area contributed by atoms with Gasteiger partial charge in [0, 0.05) is 12.0 Å². The van der Waals surface area contributed by atoms with E-state index < -0.39 is 10.0 Å². The number of nitrogens with two attached hydrogens (primary N) is 1. The second-order valence-corrected chi connectivity index (χ2v) is 8.33. The molecule has 0 spiro atoms. The molecule has 148 valence electrons. The fourth-order valence-electron chi connectivity index (χ4n) is 3.36. The molecule has 0 radical (unpaired) electrons. The highest BCUT2D eigenvalue weighted by Crippen LogP contribution is 2.28. The van der Waals surface area contributed by atoms with Crippen LogP contribution in [0.15, 0.2) is 71.6 Å². The summed E-state index contributed by atoms with van der Waals surface area (Å²) in [5, 5.41) is 5.37. The van der Waals surface area contributed by atoms with Gasteiger partial charge in [0.2, 0.25) is 10.0 Å². The molecule has 0 fully saturated rings. The molecule has 1 aromatic heterocycles. The number of benzene rings is 3. The first-order valence-corrected chi connectivity index (χ1v) is 10.7. The molecule has 4 rings (SSSR count). The van der Waals surface area contributed by atoms with Gasteiger partial charge < -0.3 is 9.72 Å². The molecular formula is C22H21N3O3S. The Kier molecular flexibility index (Phi) is 5.08. The first-order chi connectivity index (χ1) is 13.9. The third-order valence-electron chi connectivity index (χ3n) is 4.85. The van der Waals surface area contributed by atoms with Gasteiger partial charge in [-0.05, 0) is 47.9 Å². The van der Waals surface area contributed by atoms with Crippen LogP contribution in [-0.4, -0.2) is 25.5 Å². The number of primary sulfonamides is 1. The monoisotopic (exact) mass is 407 g/mol. The van der Waals surface area contributed by atoms with Crippen molar-refractivity contribution in [3.8, 4) is 16.9 Å². The molecule has 0 aliphatic rings. The highest BCUT2D eigenvalue weighted by Gasteiger charge is 2.15. The molecule has 0 atom stereocenters. The van der Waals surface area contributed by atoms with E-state index >= 15 is 0 Å². The zero-order valence-corrected chi connectivity index (χ0v) is 16.7. The molecule has 0 bridgehead atoms. The number of hydrogen-bond acceptors (Lipinski definition) is 4. The maximum absolute atomic E-state index is 11.9. The van der Waals surface area contributed by atoms with Crippen molar-refractivity contribution in [3.63, 3.8) is 0 Å². The normalized spacial score (nSPS) is 11.7. The summed E-state index contributed by atoms with van der Waals surface area (Å²) in [5.74, 6) is 1.72. The Morgan fingerprint density at radius 3 is 2.48 bits per heavy atom. The van der Waals surface area contributed by atoms with Crippen molar-refractivity contribution in [1.29, 1.82) is 0 Å². The van der Waals surface area contributed by atoms with E-state index in [2.05, 4.69) is 9.97 Å². The van der Waals surface area contributed by atoms with Crippen molar-refractivity contribution in [1.82, 2.24) is 9.97 Å². The molecule has 1 heterocycles. The van der Waals surface area contributed by atoms with E-state index in [1.54, 1.807) is 25.3 Å². The predicted octanol–water partition coefficient (Wildman–Crippen LogP) is 3.67. The van der Waals surface area contributed by atoms with Gasteiger partial charge in [-0.15, -0.1) is 0 Å². The molecule has 0 aliphatic heterocycles. The van der Waals surface area contributed by atoms with Crippen LogP contribution in [-0.2, 0) is 22.9 Å². The summed E-state index contributed by atoms with van der Waals surface area (Å²) in [7, 11) is -2.16. The lowest BCUT2D eigenvalue weighted by Gasteiger charge is -2.07. The van der Waals surface area contributed by atoms with Gasteiger partial charge in [0.15, 0.2) is 0 Å². The zero-order chi connectivity index (χ0) is 20.4. The molecule has 3 N–H and O–H groups in total. The van der Waals surface area contributed by atoms with E-state index in [4.69, 9.17) is 9.88 Å². The lowest BCUT2D eigenvalue weighted by Crippen LogP contribution is -2.13. The van der Waals surface area contributed by atoms with Crippen molar-refractivity contribution in [2.45, 2.75) is 17.7 Å². The zero-order valence-electron chi connectivity index (χ0n) is 15.9. The summed E-state index contributed by atoms with van der Waals surface area (Å²) in [6.07, 6.45) is 1.62. The largest absolute Gasteiger partial charge is 0.497 e. The van der Waals surface area contributed by atoms with Crippen molar-refractivity contribution in [2.24, 2.45) is 5.14 Å². The number of nitrogens with zero attached hydrogens (tertiary/aromatic N) is 1. The number of ether oxygens (including phenoxy) is 1. The highest BCUT2D eigenvalue weighted by molar-refractivity contribution is 7.89. The minimum absolute atomic E-state index is 0.110. The van der Waals surface area contributed by atoms with Gasteiger partial charge in [0.25, 0.3) is 0 Å². The molecule has 0 unspecified atom stereocenters. The minimum atomic E-state index is -3.81. The van der Waals surface area contributed by atoms with Crippen molar-refractivity contribution >= 4 is 21.1 Å². The molecule has 0 aliphatic carbocycles. The Hall–Kier alpha value is -3.16. The molecule has 29 heavy (non-hydrogen) atoms.